The Morgan fingerprint density at radius 1 is 1.07 bits per heavy atom. The summed E-state index contributed by atoms with van der Waals surface area (Å²) < 4.78 is 2.06. The molecule has 30 heavy (non-hydrogen) atoms. The minimum atomic E-state index is -0.0285. The zero-order chi connectivity index (χ0) is 21.7. The molecule has 0 atom stereocenters. The van der Waals surface area contributed by atoms with Gasteiger partial charge in [0.1, 0.15) is 17.5 Å². The highest BCUT2D eigenvalue weighted by Crippen LogP contribution is 2.24. The van der Waals surface area contributed by atoms with Crippen molar-refractivity contribution in [3.05, 3.63) is 23.4 Å². The topological polar surface area (TPSA) is 63.0 Å². The van der Waals surface area contributed by atoms with E-state index in [0.29, 0.717) is 0 Å². The second-order valence-corrected chi connectivity index (χ2v) is 10.2. The maximum absolute atomic E-state index is 4.93. The van der Waals surface area contributed by atoms with Gasteiger partial charge in [0.2, 0.25) is 0 Å². The molecule has 1 aliphatic heterocycles. The molecule has 0 spiro atoms. The molecule has 0 amide bonds. The van der Waals surface area contributed by atoms with Gasteiger partial charge in [-0.3, -0.25) is 4.90 Å². The van der Waals surface area contributed by atoms with Gasteiger partial charge in [-0.2, -0.15) is 0 Å². The van der Waals surface area contributed by atoms with E-state index in [-0.39, 0.29) is 5.41 Å². The van der Waals surface area contributed by atoms with Crippen molar-refractivity contribution in [1.82, 2.24) is 29.6 Å². The number of hydrogen-bond donors (Lipinski definition) is 0. The molecule has 0 radical (unpaired) electrons. The molecule has 3 heterocycles. The smallest absolute Gasteiger partial charge is 0.190 e. The summed E-state index contributed by atoms with van der Waals surface area (Å²) in [4.78, 5) is 14.8. The largest absolute Gasteiger partial charge is 0.354 e. The van der Waals surface area contributed by atoms with Gasteiger partial charge in [-0.25, -0.2) is 9.97 Å². The van der Waals surface area contributed by atoms with Crippen LogP contribution >= 0.6 is 11.8 Å². The first-order valence-electron chi connectivity index (χ1n) is 11.1. The average molecular weight is 432 g/mol. The molecule has 7 nitrogen and oxygen atoms in total. The van der Waals surface area contributed by atoms with Crippen molar-refractivity contribution in [2.45, 2.75) is 64.5 Å². The number of thioether (sulfide) groups is 1. The molecule has 0 saturated carbocycles. The second kappa shape index (κ2) is 10.1. The predicted octanol–water partition coefficient (Wildman–Crippen LogP) is 3.47. The summed E-state index contributed by atoms with van der Waals surface area (Å²) in [5.74, 6) is 4.11. The summed E-state index contributed by atoms with van der Waals surface area (Å²) in [6.07, 6.45) is 3.29. The van der Waals surface area contributed by atoms with Crippen LogP contribution in [0.5, 0.6) is 0 Å². The van der Waals surface area contributed by atoms with Crippen molar-refractivity contribution >= 4 is 17.6 Å². The molecular weight excluding hydrogens is 394 g/mol. The minimum absolute atomic E-state index is 0.0285. The number of anilines is 1. The van der Waals surface area contributed by atoms with Gasteiger partial charge in [0, 0.05) is 56.2 Å². The van der Waals surface area contributed by atoms with Crippen molar-refractivity contribution < 1.29 is 0 Å². The van der Waals surface area contributed by atoms with Gasteiger partial charge < -0.3 is 9.47 Å². The fraction of sp³-hybridized carbons (Fsp3) is 0.727. The van der Waals surface area contributed by atoms with Crippen molar-refractivity contribution in [2.24, 2.45) is 7.05 Å². The van der Waals surface area contributed by atoms with Crippen LogP contribution in [-0.2, 0) is 18.9 Å². The summed E-state index contributed by atoms with van der Waals surface area (Å²) in [6.45, 7) is 16.2. The molecule has 2 aromatic heterocycles. The second-order valence-electron chi connectivity index (χ2n) is 9.16. The summed E-state index contributed by atoms with van der Waals surface area (Å²) in [7, 11) is 2.03. The van der Waals surface area contributed by atoms with Gasteiger partial charge in [0.25, 0.3) is 0 Å². The highest BCUT2D eigenvalue weighted by atomic mass is 32.2. The maximum Gasteiger partial charge on any atom is 0.190 e. The maximum atomic E-state index is 4.93. The van der Waals surface area contributed by atoms with Gasteiger partial charge in [0.05, 0.1) is 0 Å². The van der Waals surface area contributed by atoms with Crippen molar-refractivity contribution in [2.75, 3.05) is 43.4 Å². The van der Waals surface area contributed by atoms with Gasteiger partial charge in [-0.05, 0) is 26.3 Å². The van der Waals surface area contributed by atoms with Crippen LogP contribution in [-0.4, -0.2) is 68.1 Å². The third kappa shape index (κ3) is 5.94. The Hall–Kier alpha value is -1.67. The van der Waals surface area contributed by atoms with Gasteiger partial charge in [-0.1, -0.05) is 45.9 Å². The number of hydrogen-bond acceptors (Lipinski definition) is 7. The highest BCUT2D eigenvalue weighted by molar-refractivity contribution is 7.99. The van der Waals surface area contributed by atoms with Crippen molar-refractivity contribution in [1.29, 1.82) is 0 Å². The van der Waals surface area contributed by atoms with E-state index in [0.717, 1.165) is 73.9 Å². The van der Waals surface area contributed by atoms with Gasteiger partial charge in [-0.15, -0.1) is 10.2 Å². The Morgan fingerprint density at radius 2 is 1.80 bits per heavy atom. The predicted molar refractivity (Wildman–Crippen MR) is 124 cm³/mol. The van der Waals surface area contributed by atoms with Crippen LogP contribution in [0.1, 0.15) is 57.9 Å². The first-order valence-corrected chi connectivity index (χ1v) is 12.1. The van der Waals surface area contributed by atoms with Gasteiger partial charge >= 0.3 is 0 Å². The van der Waals surface area contributed by atoms with E-state index in [1.54, 1.807) is 11.8 Å². The van der Waals surface area contributed by atoms with Crippen LogP contribution in [0.15, 0.2) is 11.2 Å². The van der Waals surface area contributed by atoms with E-state index >= 15 is 0 Å². The molecule has 3 rings (SSSR count). The Labute approximate surface area is 185 Å². The van der Waals surface area contributed by atoms with Crippen molar-refractivity contribution in [3.8, 4) is 0 Å². The highest BCUT2D eigenvalue weighted by Gasteiger charge is 2.23. The molecule has 0 aromatic carbocycles. The third-order valence-electron chi connectivity index (χ3n) is 5.54. The lowest BCUT2D eigenvalue weighted by atomic mass is 9.95. The molecular formula is C22H37N7S. The van der Waals surface area contributed by atoms with E-state index in [1.807, 2.05) is 14.0 Å². The number of piperazine rings is 1. The van der Waals surface area contributed by atoms with Crippen LogP contribution < -0.4 is 4.90 Å². The molecule has 2 aromatic rings. The molecule has 0 bridgehead atoms. The van der Waals surface area contributed by atoms with E-state index in [1.165, 1.54) is 12.1 Å². The molecule has 8 heteroatoms. The SMILES string of the molecule is CCCc1cc(N2CCN(CCCSc3nnc(C)n3C)CC2)nc(C(C)(C)C)n1. The number of aromatic nitrogens is 5. The quantitative estimate of drug-likeness (QED) is 0.468. The summed E-state index contributed by atoms with van der Waals surface area (Å²) >= 11 is 1.80. The molecule has 0 unspecified atom stereocenters. The standard InChI is InChI=1S/C22H37N7S/c1-7-9-18-16-19(24-20(23-18)22(3,4)5)29-13-11-28(12-14-29)10-8-15-30-21-26-25-17(2)27(21)6/h16H,7-15H2,1-6H3. The lowest BCUT2D eigenvalue weighted by Gasteiger charge is -2.36. The third-order valence-corrected chi connectivity index (χ3v) is 6.65. The summed E-state index contributed by atoms with van der Waals surface area (Å²) in [5.41, 5.74) is 1.14. The van der Waals surface area contributed by atoms with Gasteiger partial charge in [0.15, 0.2) is 5.16 Å². The molecule has 166 valence electrons. The summed E-state index contributed by atoms with van der Waals surface area (Å²) in [6, 6.07) is 2.20. The number of nitrogens with zero attached hydrogens (tertiary/aromatic N) is 7. The Bertz CT molecular complexity index is 819. The normalized spacial score (nSPS) is 15.7. The van der Waals surface area contributed by atoms with Crippen LogP contribution in [0.4, 0.5) is 5.82 Å². The van der Waals surface area contributed by atoms with Crippen LogP contribution in [0.3, 0.4) is 0 Å². The summed E-state index contributed by atoms with van der Waals surface area (Å²) in [5, 5.41) is 9.37. The average Bonchev–Trinajstić information content (AvgIpc) is 3.03. The van der Waals surface area contributed by atoms with Crippen LogP contribution in [0, 0.1) is 6.92 Å². The Balaban J connectivity index is 1.50. The molecule has 0 N–H and O–H groups in total. The van der Waals surface area contributed by atoms with Crippen LogP contribution in [0.2, 0.25) is 0 Å². The van der Waals surface area contributed by atoms with Crippen LogP contribution in [0.25, 0.3) is 0 Å². The monoisotopic (exact) mass is 431 g/mol. The fourth-order valence-electron chi connectivity index (χ4n) is 3.53. The first-order chi connectivity index (χ1) is 14.3. The van der Waals surface area contributed by atoms with E-state index < -0.39 is 0 Å². The number of aryl methyl sites for hydroxylation is 2. The van der Waals surface area contributed by atoms with E-state index in [2.05, 4.69) is 58.3 Å². The first kappa shape index (κ1) is 23.0. The molecule has 1 fully saturated rings. The Morgan fingerprint density at radius 3 is 2.40 bits per heavy atom. The lowest BCUT2D eigenvalue weighted by Crippen LogP contribution is -2.47. The molecule has 1 saturated heterocycles. The molecule has 0 aliphatic carbocycles. The zero-order valence-electron chi connectivity index (χ0n) is 19.5. The molecule has 1 aliphatic rings. The fourth-order valence-corrected chi connectivity index (χ4v) is 4.41. The van der Waals surface area contributed by atoms with E-state index in [9.17, 15) is 0 Å². The Kier molecular flexibility index (Phi) is 7.74. The van der Waals surface area contributed by atoms with E-state index in [4.69, 9.17) is 9.97 Å². The lowest BCUT2D eigenvalue weighted by molar-refractivity contribution is 0.258. The zero-order valence-corrected chi connectivity index (χ0v) is 20.3. The minimum Gasteiger partial charge on any atom is -0.354 e. The number of rotatable bonds is 8. The van der Waals surface area contributed by atoms with Crippen molar-refractivity contribution in [3.63, 3.8) is 0 Å².